The molecule has 3 N–H and O–H groups in total. The summed E-state index contributed by atoms with van der Waals surface area (Å²) in [5.41, 5.74) is -2.52. The predicted molar refractivity (Wildman–Crippen MR) is 65.4 cm³/mol. The Bertz CT molecular complexity index is 548. The van der Waals surface area contributed by atoms with Gasteiger partial charge < -0.3 is 15.6 Å². The molecule has 0 bridgehead atoms. The molecule has 1 aliphatic rings. The summed E-state index contributed by atoms with van der Waals surface area (Å²) < 4.78 is 37.2. The zero-order valence-corrected chi connectivity index (χ0v) is 10.5. The van der Waals surface area contributed by atoms with Crippen LogP contribution in [0.25, 0.3) is 0 Å². The Morgan fingerprint density at radius 1 is 1.35 bits per heavy atom. The van der Waals surface area contributed by atoms with Crippen LogP contribution < -0.4 is 16.2 Å². The van der Waals surface area contributed by atoms with Crippen LogP contribution in [0.4, 0.5) is 13.2 Å². The summed E-state index contributed by atoms with van der Waals surface area (Å²) in [6.07, 6.45) is -2.97. The second-order valence-corrected chi connectivity index (χ2v) is 4.63. The highest BCUT2D eigenvalue weighted by atomic mass is 19.4. The van der Waals surface area contributed by atoms with Crippen LogP contribution in [0.2, 0.25) is 0 Å². The lowest BCUT2D eigenvalue weighted by molar-refractivity contribution is -0.141. The van der Waals surface area contributed by atoms with Crippen molar-refractivity contribution < 1.29 is 18.0 Å². The van der Waals surface area contributed by atoms with Crippen molar-refractivity contribution >= 4 is 5.91 Å². The van der Waals surface area contributed by atoms with E-state index in [4.69, 9.17) is 0 Å². The second-order valence-electron chi connectivity index (χ2n) is 4.63. The van der Waals surface area contributed by atoms with Crippen molar-refractivity contribution in [3.63, 3.8) is 0 Å². The number of rotatable bonds is 2. The van der Waals surface area contributed by atoms with Gasteiger partial charge in [0.25, 0.3) is 11.5 Å². The van der Waals surface area contributed by atoms with E-state index in [1.807, 2.05) is 0 Å². The van der Waals surface area contributed by atoms with E-state index >= 15 is 0 Å². The van der Waals surface area contributed by atoms with Crippen LogP contribution in [-0.4, -0.2) is 30.0 Å². The molecule has 1 aliphatic heterocycles. The molecule has 2 heterocycles. The Morgan fingerprint density at radius 2 is 2.10 bits per heavy atom. The second kappa shape index (κ2) is 5.66. The first-order valence-corrected chi connectivity index (χ1v) is 6.20. The molecule has 0 unspecified atom stereocenters. The third-order valence-electron chi connectivity index (χ3n) is 3.09. The number of piperidine rings is 1. The molecule has 1 atom stereocenters. The van der Waals surface area contributed by atoms with Crippen LogP contribution >= 0.6 is 0 Å². The first-order valence-electron chi connectivity index (χ1n) is 6.20. The third-order valence-corrected chi connectivity index (χ3v) is 3.09. The van der Waals surface area contributed by atoms with Gasteiger partial charge in [-0.15, -0.1) is 0 Å². The summed E-state index contributed by atoms with van der Waals surface area (Å²) in [4.78, 5) is 25.1. The van der Waals surface area contributed by atoms with Gasteiger partial charge in [0.1, 0.15) is 11.3 Å². The molecule has 0 radical (unpaired) electrons. The van der Waals surface area contributed by atoms with Crippen LogP contribution in [0.3, 0.4) is 0 Å². The van der Waals surface area contributed by atoms with E-state index in [0.717, 1.165) is 25.5 Å². The fourth-order valence-electron chi connectivity index (χ4n) is 2.06. The SMILES string of the molecule is O=C(N[C@H]1CCCNC1)c1ccc(C(F)(F)F)[nH]c1=O. The van der Waals surface area contributed by atoms with E-state index in [-0.39, 0.29) is 11.6 Å². The average molecular weight is 289 g/mol. The number of hydrogen-bond donors (Lipinski definition) is 3. The van der Waals surface area contributed by atoms with Crippen molar-refractivity contribution in [1.82, 2.24) is 15.6 Å². The van der Waals surface area contributed by atoms with Crippen molar-refractivity contribution in [1.29, 1.82) is 0 Å². The smallest absolute Gasteiger partial charge is 0.348 e. The predicted octanol–water partition coefficient (Wildman–Crippen LogP) is 0.875. The van der Waals surface area contributed by atoms with Gasteiger partial charge in [-0.2, -0.15) is 13.2 Å². The standard InChI is InChI=1S/C12H14F3N3O2/c13-12(14,15)9-4-3-8(11(20)18-9)10(19)17-7-2-1-5-16-6-7/h3-4,7,16H,1-2,5-6H2,(H,17,19)(H,18,20)/t7-/m0/s1. The van der Waals surface area contributed by atoms with E-state index in [2.05, 4.69) is 10.6 Å². The molecule has 0 spiro atoms. The van der Waals surface area contributed by atoms with Crippen LogP contribution in [0.1, 0.15) is 28.9 Å². The third kappa shape index (κ3) is 3.38. The highest BCUT2D eigenvalue weighted by Crippen LogP contribution is 2.26. The van der Waals surface area contributed by atoms with E-state index in [1.165, 1.54) is 0 Å². The number of aromatic amines is 1. The van der Waals surface area contributed by atoms with E-state index < -0.39 is 23.3 Å². The van der Waals surface area contributed by atoms with Gasteiger partial charge in [-0.05, 0) is 31.5 Å². The monoisotopic (exact) mass is 289 g/mol. The van der Waals surface area contributed by atoms with E-state index in [9.17, 15) is 22.8 Å². The molecule has 1 aromatic rings. The quantitative estimate of drug-likeness (QED) is 0.756. The average Bonchev–Trinajstić information content (AvgIpc) is 2.38. The lowest BCUT2D eigenvalue weighted by atomic mass is 10.1. The molecule has 20 heavy (non-hydrogen) atoms. The van der Waals surface area contributed by atoms with Crippen LogP contribution in [0.15, 0.2) is 16.9 Å². The number of alkyl halides is 3. The zero-order chi connectivity index (χ0) is 14.8. The number of halogens is 3. The maximum Gasteiger partial charge on any atom is 0.431 e. The number of carbonyl (C=O) groups is 1. The molecule has 110 valence electrons. The van der Waals surface area contributed by atoms with E-state index in [1.54, 1.807) is 4.98 Å². The number of pyridine rings is 1. The zero-order valence-electron chi connectivity index (χ0n) is 10.5. The fourth-order valence-corrected chi connectivity index (χ4v) is 2.06. The van der Waals surface area contributed by atoms with Gasteiger partial charge in [-0.25, -0.2) is 0 Å². The van der Waals surface area contributed by atoms with Gasteiger partial charge in [0.2, 0.25) is 0 Å². The lowest BCUT2D eigenvalue weighted by Gasteiger charge is -2.23. The number of nitrogens with one attached hydrogen (secondary N) is 3. The summed E-state index contributed by atoms with van der Waals surface area (Å²) >= 11 is 0. The van der Waals surface area contributed by atoms with Gasteiger partial charge in [-0.3, -0.25) is 9.59 Å². The molecule has 0 aliphatic carbocycles. The molecule has 1 amide bonds. The molecule has 1 aromatic heterocycles. The highest BCUT2D eigenvalue weighted by Gasteiger charge is 2.32. The van der Waals surface area contributed by atoms with Crippen molar-refractivity contribution in [2.75, 3.05) is 13.1 Å². The van der Waals surface area contributed by atoms with Gasteiger partial charge in [0, 0.05) is 12.6 Å². The summed E-state index contributed by atoms with van der Waals surface area (Å²) in [5.74, 6) is -0.659. The summed E-state index contributed by atoms with van der Waals surface area (Å²) in [7, 11) is 0. The summed E-state index contributed by atoms with van der Waals surface area (Å²) in [6, 6.07) is 1.47. The molecule has 5 nitrogen and oxygen atoms in total. The van der Waals surface area contributed by atoms with Crippen molar-refractivity contribution in [2.24, 2.45) is 0 Å². The molecule has 2 rings (SSSR count). The van der Waals surface area contributed by atoms with Gasteiger partial charge >= 0.3 is 6.18 Å². The van der Waals surface area contributed by atoms with Crippen molar-refractivity contribution in [3.8, 4) is 0 Å². The van der Waals surface area contributed by atoms with Gasteiger partial charge in [0.05, 0.1) is 0 Å². The Balaban J connectivity index is 2.12. The topological polar surface area (TPSA) is 74.0 Å². The van der Waals surface area contributed by atoms with Gasteiger partial charge in [0.15, 0.2) is 0 Å². The Morgan fingerprint density at radius 3 is 2.65 bits per heavy atom. The Hall–Kier alpha value is -1.83. The van der Waals surface area contributed by atoms with Crippen LogP contribution in [-0.2, 0) is 6.18 Å². The maximum absolute atomic E-state index is 12.4. The largest absolute Gasteiger partial charge is 0.431 e. The van der Waals surface area contributed by atoms with Crippen molar-refractivity contribution in [2.45, 2.75) is 25.1 Å². The Kier molecular flexibility index (Phi) is 4.12. The molecular formula is C12H14F3N3O2. The summed E-state index contributed by atoms with van der Waals surface area (Å²) in [5, 5.41) is 5.72. The first-order chi connectivity index (χ1) is 9.38. The van der Waals surface area contributed by atoms with Crippen LogP contribution in [0, 0.1) is 0 Å². The fraction of sp³-hybridized carbons (Fsp3) is 0.500. The summed E-state index contributed by atoms with van der Waals surface area (Å²) in [6.45, 7) is 1.46. The molecule has 8 heteroatoms. The lowest BCUT2D eigenvalue weighted by Crippen LogP contribution is -2.46. The highest BCUT2D eigenvalue weighted by molar-refractivity contribution is 5.94. The number of carbonyl (C=O) groups excluding carboxylic acids is 1. The molecule has 0 saturated carbocycles. The molecule has 0 aromatic carbocycles. The molecular weight excluding hydrogens is 275 g/mol. The number of aromatic nitrogens is 1. The van der Waals surface area contributed by atoms with E-state index in [0.29, 0.717) is 12.6 Å². The minimum atomic E-state index is -4.64. The minimum absolute atomic E-state index is 0.113. The minimum Gasteiger partial charge on any atom is -0.348 e. The van der Waals surface area contributed by atoms with Crippen molar-refractivity contribution in [3.05, 3.63) is 33.7 Å². The van der Waals surface area contributed by atoms with Gasteiger partial charge in [-0.1, -0.05) is 0 Å². The molecule has 1 saturated heterocycles. The maximum atomic E-state index is 12.4. The normalized spacial score (nSPS) is 19.6. The number of H-pyrrole nitrogens is 1. The first kappa shape index (κ1) is 14.6. The number of hydrogen-bond acceptors (Lipinski definition) is 3. The Labute approximate surface area is 112 Å². The molecule has 1 fully saturated rings. The van der Waals surface area contributed by atoms with Crippen LogP contribution in [0.5, 0.6) is 0 Å². The number of amides is 1.